The number of ether oxygens (including phenoxy) is 1. The van der Waals surface area contributed by atoms with Crippen LogP contribution in [0.15, 0.2) is 62.5 Å². The Balaban J connectivity index is 1.81. The van der Waals surface area contributed by atoms with E-state index >= 15 is 0 Å². The maximum absolute atomic E-state index is 13.5. The molecule has 4 aromatic rings. The maximum atomic E-state index is 13.5. The molecule has 0 aliphatic rings. The number of hydrogen-bond donors (Lipinski definition) is 1. The van der Waals surface area contributed by atoms with Crippen LogP contribution in [-0.2, 0) is 11.3 Å². The van der Waals surface area contributed by atoms with E-state index in [9.17, 15) is 14.4 Å². The fourth-order valence-corrected chi connectivity index (χ4v) is 5.42. The lowest BCUT2D eigenvalue weighted by molar-refractivity contribution is -0.116. The van der Waals surface area contributed by atoms with Crippen molar-refractivity contribution in [2.75, 3.05) is 17.7 Å². The molecule has 4 rings (SSSR count). The van der Waals surface area contributed by atoms with E-state index in [4.69, 9.17) is 4.74 Å². The largest absolute Gasteiger partial charge is 0.492 e. The molecule has 0 unspecified atom stereocenters. The highest BCUT2D eigenvalue weighted by atomic mass is 32.2. The number of benzene rings is 2. The summed E-state index contributed by atoms with van der Waals surface area (Å²) in [6.07, 6.45) is 0. The topological polar surface area (TPSA) is 95.2 Å². The van der Waals surface area contributed by atoms with Crippen LogP contribution in [0.3, 0.4) is 0 Å². The third-order valence-electron chi connectivity index (χ3n) is 4.99. The molecule has 8 nitrogen and oxygen atoms in total. The predicted octanol–water partition coefficient (Wildman–Crippen LogP) is 4.07. The molecule has 0 aliphatic heterocycles. The summed E-state index contributed by atoms with van der Waals surface area (Å²) in [6.45, 7) is 5.91. The number of anilines is 1. The Bertz CT molecular complexity index is 1450. The van der Waals surface area contributed by atoms with Crippen LogP contribution < -0.4 is 21.3 Å². The second-order valence-electron chi connectivity index (χ2n) is 7.39. The smallest absolute Gasteiger partial charge is 0.337 e. The molecule has 10 heteroatoms. The number of carbonyl (C=O) groups is 1. The Morgan fingerprint density at radius 1 is 1.12 bits per heavy atom. The zero-order valence-corrected chi connectivity index (χ0v) is 20.7. The van der Waals surface area contributed by atoms with Gasteiger partial charge in [0.15, 0.2) is 9.99 Å². The summed E-state index contributed by atoms with van der Waals surface area (Å²) in [5.74, 6) is 0.878. The van der Waals surface area contributed by atoms with Gasteiger partial charge in [-0.15, -0.1) is 11.3 Å². The van der Waals surface area contributed by atoms with Crippen molar-refractivity contribution in [2.24, 2.45) is 0 Å². The lowest BCUT2D eigenvalue weighted by Crippen LogP contribution is -2.40. The summed E-state index contributed by atoms with van der Waals surface area (Å²) >= 11 is 2.71. The number of carbonyl (C=O) groups excluding carboxylic acids is 1. The van der Waals surface area contributed by atoms with Crippen molar-refractivity contribution >= 4 is 45.0 Å². The minimum Gasteiger partial charge on any atom is -0.492 e. The lowest BCUT2D eigenvalue weighted by Gasteiger charge is -2.13. The number of rotatable bonds is 8. The van der Waals surface area contributed by atoms with Gasteiger partial charge in [0.25, 0.3) is 5.56 Å². The van der Waals surface area contributed by atoms with Crippen molar-refractivity contribution in [1.82, 2.24) is 14.1 Å². The van der Waals surface area contributed by atoms with Gasteiger partial charge in [-0.3, -0.25) is 14.2 Å². The van der Waals surface area contributed by atoms with Crippen molar-refractivity contribution in [3.63, 3.8) is 0 Å². The average Bonchev–Trinajstić information content (AvgIpc) is 3.24. The van der Waals surface area contributed by atoms with Crippen LogP contribution in [0.25, 0.3) is 16.0 Å². The zero-order chi connectivity index (χ0) is 24.2. The first-order chi connectivity index (χ1) is 16.4. The van der Waals surface area contributed by atoms with Crippen LogP contribution in [-0.4, -0.2) is 32.4 Å². The highest BCUT2D eigenvalue weighted by molar-refractivity contribution is 8.01. The van der Waals surface area contributed by atoms with E-state index < -0.39 is 17.2 Å². The molecule has 0 saturated heterocycles. The highest BCUT2D eigenvalue weighted by Gasteiger charge is 2.21. The molecule has 0 aliphatic carbocycles. The molecule has 1 amide bonds. The van der Waals surface area contributed by atoms with E-state index in [1.807, 2.05) is 39.0 Å². The van der Waals surface area contributed by atoms with E-state index in [-0.39, 0.29) is 12.2 Å². The summed E-state index contributed by atoms with van der Waals surface area (Å²) in [5, 5.41) is 2.81. The standard InChI is InChI=1S/C24H24N4O4S2/c1-4-32-18-9-7-6-8-17(18)25-19(29)14-27-21-20(34-23(26-21)33-5-2)22(30)28(24(27)31)16-12-10-15(3)11-13-16/h6-13H,4-5,14H2,1-3H3,(H,25,29). The Labute approximate surface area is 204 Å². The molecule has 2 aromatic carbocycles. The molecule has 34 heavy (non-hydrogen) atoms. The molecule has 0 bridgehead atoms. The van der Waals surface area contributed by atoms with Gasteiger partial charge < -0.3 is 10.1 Å². The van der Waals surface area contributed by atoms with Crippen LogP contribution in [0, 0.1) is 6.92 Å². The number of amides is 1. The molecular formula is C24H24N4O4S2. The molecule has 0 atom stereocenters. The van der Waals surface area contributed by atoms with Crippen LogP contribution >= 0.6 is 23.1 Å². The molecule has 0 radical (unpaired) electrons. The number of thiazole rings is 1. The molecule has 0 spiro atoms. The van der Waals surface area contributed by atoms with E-state index in [0.717, 1.165) is 15.9 Å². The SMILES string of the molecule is CCOc1ccccc1NC(=O)Cn1c(=O)n(-c2ccc(C)cc2)c(=O)c2sc(SCC)nc21. The van der Waals surface area contributed by atoms with E-state index in [2.05, 4.69) is 10.3 Å². The van der Waals surface area contributed by atoms with E-state index in [1.165, 1.54) is 27.7 Å². The van der Waals surface area contributed by atoms with Crippen molar-refractivity contribution in [1.29, 1.82) is 0 Å². The number of hydrogen-bond acceptors (Lipinski definition) is 7. The molecule has 2 aromatic heterocycles. The van der Waals surface area contributed by atoms with Crippen LogP contribution in [0.2, 0.25) is 0 Å². The van der Waals surface area contributed by atoms with Crippen molar-refractivity contribution in [2.45, 2.75) is 31.7 Å². The summed E-state index contributed by atoms with van der Waals surface area (Å²) in [4.78, 5) is 44.3. The Hall–Kier alpha value is -3.37. The third kappa shape index (κ3) is 4.78. The van der Waals surface area contributed by atoms with Crippen LogP contribution in [0.1, 0.15) is 19.4 Å². The van der Waals surface area contributed by atoms with Gasteiger partial charge in [0.05, 0.1) is 18.0 Å². The molecule has 2 heterocycles. The second kappa shape index (κ2) is 10.3. The van der Waals surface area contributed by atoms with Crippen molar-refractivity contribution in [3.8, 4) is 11.4 Å². The number of para-hydroxylation sites is 2. The predicted molar refractivity (Wildman–Crippen MR) is 137 cm³/mol. The highest BCUT2D eigenvalue weighted by Crippen LogP contribution is 2.27. The van der Waals surface area contributed by atoms with Gasteiger partial charge >= 0.3 is 5.69 Å². The monoisotopic (exact) mass is 496 g/mol. The van der Waals surface area contributed by atoms with Gasteiger partial charge in [0.1, 0.15) is 17.0 Å². The van der Waals surface area contributed by atoms with Crippen LogP contribution in [0.4, 0.5) is 5.69 Å². The Morgan fingerprint density at radius 2 is 1.85 bits per heavy atom. The number of aromatic nitrogens is 3. The normalized spacial score (nSPS) is 11.0. The number of fused-ring (bicyclic) bond motifs is 1. The maximum Gasteiger partial charge on any atom is 0.337 e. The molecule has 176 valence electrons. The van der Waals surface area contributed by atoms with Gasteiger partial charge in [-0.1, -0.05) is 48.5 Å². The van der Waals surface area contributed by atoms with E-state index in [1.54, 1.807) is 30.3 Å². The number of nitrogens with one attached hydrogen (secondary N) is 1. The number of thioether (sulfide) groups is 1. The van der Waals surface area contributed by atoms with Gasteiger partial charge in [-0.25, -0.2) is 14.3 Å². The van der Waals surface area contributed by atoms with E-state index in [0.29, 0.717) is 32.8 Å². The van der Waals surface area contributed by atoms with Crippen molar-refractivity contribution < 1.29 is 9.53 Å². The fourth-order valence-electron chi connectivity index (χ4n) is 3.45. The van der Waals surface area contributed by atoms with Crippen molar-refractivity contribution in [3.05, 3.63) is 74.9 Å². The molecule has 0 saturated carbocycles. The number of nitrogens with zero attached hydrogens (tertiary/aromatic N) is 3. The lowest BCUT2D eigenvalue weighted by atomic mass is 10.2. The molecular weight excluding hydrogens is 472 g/mol. The quantitative estimate of drug-likeness (QED) is 0.370. The summed E-state index contributed by atoms with van der Waals surface area (Å²) in [7, 11) is 0. The Morgan fingerprint density at radius 3 is 2.56 bits per heavy atom. The first-order valence-corrected chi connectivity index (χ1v) is 12.6. The summed E-state index contributed by atoms with van der Waals surface area (Å²) < 4.78 is 8.93. The molecule has 0 fully saturated rings. The minimum atomic E-state index is -0.618. The van der Waals surface area contributed by atoms with Gasteiger partial charge in [0.2, 0.25) is 5.91 Å². The average molecular weight is 497 g/mol. The first kappa shape index (κ1) is 23.8. The minimum absolute atomic E-state index is 0.215. The zero-order valence-electron chi connectivity index (χ0n) is 19.0. The van der Waals surface area contributed by atoms with Gasteiger partial charge in [-0.05, 0) is 43.9 Å². The summed E-state index contributed by atoms with van der Waals surface area (Å²) in [5.41, 5.74) is 1.11. The first-order valence-electron chi connectivity index (χ1n) is 10.8. The summed E-state index contributed by atoms with van der Waals surface area (Å²) in [6, 6.07) is 14.2. The third-order valence-corrected chi connectivity index (χ3v) is 7.05. The Kier molecular flexibility index (Phi) is 7.18. The second-order valence-corrected chi connectivity index (χ2v) is 9.90. The van der Waals surface area contributed by atoms with Crippen LogP contribution in [0.5, 0.6) is 5.75 Å². The fraction of sp³-hybridized carbons (Fsp3) is 0.250. The van der Waals surface area contributed by atoms with Gasteiger partial charge in [-0.2, -0.15) is 0 Å². The van der Waals surface area contributed by atoms with Gasteiger partial charge in [0, 0.05) is 0 Å². The number of aryl methyl sites for hydroxylation is 1. The molecule has 1 N–H and O–H groups in total.